The minimum absolute atomic E-state index is 0.0416. The third-order valence-corrected chi connectivity index (χ3v) is 5.67. The summed E-state index contributed by atoms with van der Waals surface area (Å²) in [6, 6.07) is 5.75. The highest BCUT2D eigenvalue weighted by Gasteiger charge is 2.36. The predicted molar refractivity (Wildman–Crippen MR) is 118 cm³/mol. The number of nitrogens with one attached hydrogen (secondary N) is 1. The van der Waals surface area contributed by atoms with Gasteiger partial charge in [-0.3, -0.25) is 9.48 Å². The van der Waals surface area contributed by atoms with Crippen molar-refractivity contribution in [1.29, 1.82) is 0 Å². The second-order valence-corrected chi connectivity index (χ2v) is 8.52. The van der Waals surface area contributed by atoms with Crippen LogP contribution >= 0.6 is 46.4 Å². The van der Waals surface area contributed by atoms with Gasteiger partial charge in [0.05, 0.1) is 6.54 Å². The summed E-state index contributed by atoms with van der Waals surface area (Å²) in [6.45, 7) is 1.59. The molecular formula is C19H11Cl4F3N6O. The summed E-state index contributed by atoms with van der Waals surface area (Å²) in [4.78, 5) is 16.7. The summed E-state index contributed by atoms with van der Waals surface area (Å²) in [6.07, 6.45) is -3.29. The summed E-state index contributed by atoms with van der Waals surface area (Å²) in [7, 11) is 0. The lowest BCUT2D eigenvalue weighted by molar-refractivity contribution is -0.142. The van der Waals surface area contributed by atoms with Crippen molar-refractivity contribution in [3.63, 3.8) is 0 Å². The van der Waals surface area contributed by atoms with E-state index in [1.54, 1.807) is 18.2 Å². The van der Waals surface area contributed by atoms with E-state index < -0.39 is 23.5 Å². The predicted octanol–water partition coefficient (Wildman–Crippen LogP) is 6.17. The number of halogens is 7. The number of aromatic nitrogens is 5. The van der Waals surface area contributed by atoms with Crippen molar-refractivity contribution in [1.82, 2.24) is 24.4 Å². The van der Waals surface area contributed by atoms with Crippen LogP contribution in [0, 0.1) is 6.92 Å². The minimum Gasteiger partial charge on any atom is -0.302 e. The molecule has 4 rings (SSSR count). The molecule has 4 aromatic rings. The zero-order valence-corrected chi connectivity index (χ0v) is 19.4. The highest BCUT2D eigenvalue weighted by molar-refractivity contribution is 6.37. The van der Waals surface area contributed by atoms with E-state index in [1.807, 2.05) is 0 Å². The number of benzene rings is 1. The molecule has 3 heterocycles. The van der Waals surface area contributed by atoms with Crippen LogP contribution in [0.5, 0.6) is 0 Å². The van der Waals surface area contributed by atoms with Crippen LogP contribution in [0.3, 0.4) is 0 Å². The largest absolute Gasteiger partial charge is 0.433 e. The molecule has 0 radical (unpaired) electrons. The first-order chi connectivity index (χ1) is 15.4. The quantitative estimate of drug-likeness (QED) is 0.338. The molecule has 0 aliphatic rings. The Balaban J connectivity index is 1.63. The molecule has 3 aromatic heterocycles. The number of aryl methyl sites for hydroxylation is 1. The highest BCUT2D eigenvalue weighted by atomic mass is 35.5. The van der Waals surface area contributed by atoms with E-state index in [1.165, 1.54) is 17.8 Å². The maximum absolute atomic E-state index is 13.4. The topological polar surface area (TPSA) is 77.1 Å². The fraction of sp³-hybridized carbons (Fsp3) is 0.158. The molecule has 0 unspecified atom stereocenters. The van der Waals surface area contributed by atoms with Gasteiger partial charge >= 0.3 is 6.18 Å². The number of carbonyl (C=O) groups is 1. The van der Waals surface area contributed by atoms with Crippen LogP contribution in [0.4, 0.5) is 19.0 Å². The number of fused-ring (bicyclic) bond motifs is 1. The van der Waals surface area contributed by atoms with Gasteiger partial charge in [-0.15, -0.1) is 0 Å². The van der Waals surface area contributed by atoms with E-state index in [2.05, 4.69) is 20.5 Å². The van der Waals surface area contributed by atoms with Crippen molar-refractivity contribution in [2.45, 2.75) is 19.6 Å². The molecule has 0 aliphatic carbocycles. The molecule has 7 nitrogen and oxygen atoms in total. The second-order valence-electron chi connectivity index (χ2n) is 6.89. The first-order valence-corrected chi connectivity index (χ1v) is 10.6. The number of alkyl halides is 3. The third kappa shape index (κ3) is 4.74. The van der Waals surface area contributed by atoms with Crippen molar-refractivity contribution in [3.8, 4) is 0 Å². The number of carbonyl (C=O) groups excluding carboxylic acids is 1. The molecule has 1 aromatic carbocycles. The van der Waals surface area contributed by atoms with Crippen molar-refractivity contribution in [3.05, 3.63) is 73.2 Å². The van der Waals surface area contributed by atoms with Gasteiger partial charge in [-0.05, 0) is 30.7 Å². The zero-order valence-electron chi connectivity index (χ0n) is 16.4. The van der Waals surface area contributed by atoms with Gasteiger partial charge in [-0.2, -0.15) is 23.4 Å². The molecule has 0 saturated heterocycles. The maximum atomic E-state index is 13.4. The van der Waals surface area contributed by atoms with Gasteiger partial charge in [0, 0.05) is 21.9 Å². The number of hydrogen-bond donors (Lipinski definition) is 1. The van der Waals surface area contributed by atoms with E-state index in [0.717, 1.165) is 6.07 Å². The average Bonchev–Trinajstić information content (AvgIpc) is 3.22. The van der Waals surface area contributed by atoms with Crippen LogP contribution in [0.15, 0.2) is 30.5 Å². The summed E-state index contributed by atoms with van der Waals surface area (Å²) in [5.41, 5.74) is -1.13. The lowest BCUT2D eigenvalue weighted by Crippen LogP contribution is -2.16. The van der Waals surface area contributed by atoms with Crippen LogP contribution in [-0.4, -0.2) is 30.3 Å². The molecule has 0 aliphatic heterocycles. The van der Waals surface area contributed by atoms with Gasteiger partial charge in [0.2, 0.25) is 0 Å². The lowest BCUT2D eigenvalue weighted by atomic mass is 10.2. The number of hydrogen-bond acceptors (Lipinski definition) is 4. The number of rotatable bonds is 4. The molecule has 0 atom stereocenters. The van der Waals surface area contributed by atoms with E-state index >= 15 is 0 Å². The van der Waals surface area contributed by atoms with Crippen LogP contribution in [0.1, 0.15) is 27.4 Å². The first kappa shape index (κ1) is 23.6. The molecule has 0 saturated carbocycles. The van der Waals surface area contributed by atoms with E-state index in [4.69, 9.17) is 46.4 Å². The van der Waals surface area contributed by atoms with Crippen LogP contribution in [0.25, 0.3) is 5.65 Å². The molecule has 172 valence electrons. The summed E-state index contributed by atoms with van der Waals surface area (Å²) in [5, 5.41) is 10.9. The first-order valence-electron chi connectivity index (χ1n) is 9.05. The van der Waals surface area contributed by atoms with Crippen molar-refractivity contribution in [2.24, 2.45) is 0 Å². The Bertz CT molecular complexity index is 1400. The summed E-state index contributed by atoms with van der Waals surface area (Å²) < 4.78 is 42.1. The Morgan fingerprint density at radius 1 is 1.09 bits per heavy atom. The van der Waals surface area contributed by atoms with Crippen LogP contribution in [0.2, 0.25) is 20.1 Å². The Labute approximate surface area is 204 Å². The number of anilines is 1. The van der Waals surface area contributed by atoms with E-state index in [0.29, 0.717) is 20.1 Å². The van der Waals surface area contributed by atoms with Gasteiger partial charge < -0.3 is 5.32 Å². The molecule has 0 bridgehead atoms. The Morgan fingerprint density at radius 3 is 2.48 bits per heavy atom. The highest BCUT2D eigenvalue weighted by Crippen LogP contribution is 2.32. The normalized spacial score (nSPS) is 11.9. The van der Waals surface area contributed by atoms with Gasteiger partial charge in [-0.25, -0.2) is 9.50 Å². The van der Waals surface area contributed by atoms with Crippen LogP contribution in [-0.2, 0) is 12.7 Å². The van der Waals surface area contributed by atoms with Crippen molar-refractivity contribution in [2.75, 3.05) is 5.32 Å². The Kier molecular flexibility index (Phi) is 6.21. The van der Waals surface area contributed by atoms with Crippen molar-refractivity contribution >= 4 is 63.8 Å². The smallest absolute Gasteiger partial charge is 0.302 e. The number of amides is 1. The van der Waals surface area contributed by atoms with Crippen molar-refractivity contribution < 1.29 is 18.0 Å². The Morgan fingerprint density at radius 2 is 1.82 bits per heavy atom. The molecule has 1 N–H and O–H groups in total. The van der Waals surface area contributed by atoms with Gasteiger partial charge in [0.25, 0.3) is 5.91 Å². The molecular weight excluding hydrogens is 527 g/mol. The van der Waals surface area contributed by atoms with Crippen LogP contribution < -0.4 is 5.32 Å². The SMILES string of the molecule is Cc1cc(C(F)(F)F)n2nc(C(=O)Nc3nn(Cc4ccc(Cl)cc4Cl)cc3Cl)c(Cl)c2n1. The van der Waals surface area contributed by atoms with Gasteiger partial charge in [0.15, 0.2) is 17.2 Å². The fourth-order valence-corrected chi connectivity index (χ4v) is 3.93. The summed E-state index contributed by atoms with van der Waals surface area (Å²) in [5.74, 6) is -0.951. The molecule has 33 heavy (non-hydrogen) atoms. The third-order valence-electron chi connectivity index (χ3n) is 4.46. The van der Waals surface area contributed by atoms with Gasteiger partial charge in [0.1, 0.15) is 15.7 Å². The molecule has 1 amide bonds. The average molecular weight is 538 g/mol. The maximum Gasteiger partial charge on any atom is 0.433 e. The monoisotopic (exact) mass is 536 g/mol. The van der Waals surface area contributed by atoms with E-state index in [-0.39, 0.29) is 33.7 Å². The fourth-order valence-electron chi connectivity index (χ4n) is 3.01. The molecule has 0 fully saturated rings. The molecule has 0 spiro atoms. The lowest BCUT2D eigenvalue weighted by Gasteiger charge is -2.09. The Hall–Kier alpha value is -2.53. The number of nitrogens with zero attached hydrogens (tertiary/aromatic N) is 5. The second kappa shape index (κ2) is 8.68. The minimum atomic E-state index is -4.74. The zero-order chi connectivity index (χ0) is 24.1. The standard InChI is InChI=1S/C19H11Cl4F3N6O/c1-8-4-13(19(24,25)26)32-17(27-8)14(23)15(29-32)18(33)28-16-12(22)7-31(30-16)6-9-2-3-10(20)5-11(9)21/h2-5,7H,6H2,1H3,(H,28,30,33). The van der Waals surface area contributed by atoms with Gasteiger partial charge in [-0.1, -0.05) is 52.5 Å². The summed E-state index contributed by atoms with van der Waals surface area (Å²) >= 11 is 24.3. The van der Waals surface area contributed by atoms with E-state index in [9.17, 15) is 18.0 Å². The molecule has 14 heteroatoms.